The van der Waals surface area contributed by atoms with E-state index < -0.39 is 0 Å². The number of nitrogens with two attached hydrogens (primary N) is 1. The van der Waals surface area contributed by atoms with Gasteiger partial charge in [0.25, 0.3) is 0 Å². The van der Waals surface area contributed by atoms with Crippen LogP contribution in [0.15, 0.2) is 36.4 Å². The molecular formula is C18H24N4O. The van der Waals surface area contributed by atoms with Crippen molar-refractivity contribution in [2.24, 2.45) is 5.73 Å². The number of aromatic nitrogens is 2. The first kappa shape index (κ1) is 15.7. The van der Waals surface area contributed by atoms with Crippen molar-refractivity contribution in [1.29, 1.82) is 0 Å². The van der Waals surface area contributed by atoms with Gasteiger partial charge in [0.2, 0.25) is 5.91 Å². The van der Waals surface area contributed by atoms with Gasteiger partial charge in [0.15, 0.2) is 0 Å². The molecule has 5 heteroatoms. The average molecular weight is 312 g/mol. The molecule has 0 unspecified atom stereocenters. The molecular weight excluding hydrogens is 288 g/mol. The van der Waals surface area contributed by atoms with Crippen molar-refractivity contribution < 1.29 is 4.79 Å². The smallest absolute Gasteiger partial charge is 0.239 e. The molecule has 0 radical (unpaired) electrons. The molecule has 2 aromatic rings. The van der Waals surface area contributed by atoms with Crippen molar-refractivity contribution in [2.75, 3.05) is 6.54 Å². The third kappa shape index (κ3) is 3.29. The molecule has 1 saturated heterocycles. The lowest BCUT2D eigenvalue weighted by atomic mass is 10.0. The maximum Gasteiger partial charge on any atom is 0.239 e. The summed E-state index contributed by atoms with van der Waals surface area (Å²) in [6.07, 6.45) is 2.15. The summed E-state index contributed by atoms with van der Waals surface area (Å²) in [5.74, 6) is -0.281. The van der Waals surface area contributed by atoms with Gasteiger partial charge in [-0.15, -0.1) is 0 Å². The number of aryl methyl sites for hydroxylation is 2. The van der Waals surface area contributed by atoms with Crippen LogP contribution in [0.4, 0.5) is 0 Å². The van der Waals surface area contributed by atoms with Gasteiger partial charge in [0.05, 0.1) is 12.2 Å². The summed E-state index contributed by atoms with van der Waals surface area (Å²) < 4.78 is 2.04. The molecule has 23 heavy (non-hydrogen) atoms. The molecule has 1 fully saturated rings. The second kappa shape index (κ2) is 6.54. The summed E-state index contributed by atoms with van der Waals surface area (Å²) in [6, 6.07) is 11.8. The van der Waals surface area contributed by atoms with E-state index in [9.17, 15) is 4.79 Å². The van der Waals surface area contributed by atoms with Gasteiger partial charge in [-0.2, -0.15) is 5.10 Å². The minimum atomic E-state index is -0.360. The Balaban J connectivity index is 1.84. The molecule has 0 spiro atoms. The Bertz CT molecular complexity index is 680. The largest absolute Gasteiger partial charge is 0.368 e. The van der Waals surface area contributed by atoms with Crippen molar-refractivity contribution in [3.63, 3.8) is 0 Å². The topological polar surface area (TPSA) is 64.2 Å². The maximum atomic E-state index is 12.1. The lowest BCUT2D eigenvalue weighted by Gasteiger charge is -2.31. The maximum absolute atomic E-state index is 12.1. The SMILES string of the molecule is Cc1cc(C)n(C[C@H]2CCCN2[C@H](C(N)=O)c2ccccc2)n1. The summed E-state index contributed by atoms with van der Waals surface area (Å²) in [5.41, 5.74) is 8.89. The first-order valence-electron chi connectivity index (χ1n) is 8.17. The summed E-state index contributed by atoms with van der Waals surface area (Å²) in [6.45, 7) is 5.77. The normalized spacial score (nSPS) is 19.8. The molecule has 1 aromatic carbocycles. The standard InChI is InChI=1S/C18H24N4O/c1-13-11-14(2)22(20-13)12-16-9-6-10-21(16)17(18(19)23)15-7-4-3-5-8-15/h3-5,7-8,11,16-17H,6,9-10,12H2,1-2H3,(H2,19,23)/t16-,17+/m1/s1. The van der Waals surface area contributed by atoms with Crippen LogP contribution in [0.2, 0.25) is 0 Å². The lowest BCUT2D eigenvalue weighted by Crippen LogP contribution is -2.42. The predicted molar refractivity (Wildman–Crippen MR) is 89.8 cm³/mol. The highest BCUT2D eigenvalue weighted by atomic mass is 16.1. The molecule has 0 saturated carbocycles. The van der Waals surface area contributed by atoms with E-state index in [1.54, 1.807) is 0 Å². The molecule has 1 aromatic heterocycles. The molecule has 1 aliphatic rings. The van der Waals surface area contributed by atoms with Crippen LogP contribution in [0.1, 0.15) is 35.8 Å². The van der Waals surface area contributed by atoms with Crippen LogP contribution >= 0.6 is 0 Å². The van der Waals surface area contributed by atoms with Crippen molar-refractivity contribution in [3.8, 4) is 0 Å². The van der Waals surface area contributed by atoms with Crippen LogP contribution in [0, 0.1) is 13.8 Å². The number of primary amides is 1. The second-order valence-corrected chi connectivity index (χ2v) is 6.36. The summed E-state index contributed by atoms with van der Waals surface area (Å²) in [4.78, 5) is 14.4. The number of carbonyl (C=O) groups is 1. The first-order chi connectivity index (χ1) is 11.1. The molecule has 122 valence electrons. The highest BCUT2D eigenvalue weighted by molar-refractivity contribution is 5.81. The fourth-order valence-corrected chi connectivity index (χ4v) is 3.61. The van der Waals surface area contributed by atoms with Crippen LogP contribution in [0.3, 0.4) is 0 Å². The molecule has 5 nitrogen and oxygen atoms in total. The minimum absolute atomic E-state index is 0.281. The van der Waals surface area contributed by atoms with Crippen LogP contribution in [-0.4, -0.2) is 33.2 Å². The number of amides is 1. The zero-order chi connectivity index (χ0) is 16.4. The molecule has 1 aliphatic heterocycles. The Morgan fingerprint density at radius 3 is 2.70 bits per heavy atom. The molecule has 2 atom stereocenters. The third-order valence-corrected chi connectivity index (χ3v) is 4.63. The first-order valence-corrected chi connectivity index (χ1v) is 8.17. The molecule has 2 heterocycles. The van der Waals surface area contributed by atoms with Gasteiger partial charge in [0.1, 0.15) is 6.04 Å². The van der Waals surface area contributed by atoms with Crippen molar-refractivity contribution in [3.05, 3.63) is 53.3 Å². The fourth-order valence-electron chi connectivity index (χ4n) is 3.61. The van der Waals surface area contributed by atoms with Gasteiger partial charge < -0.3 is 5.73 Å². The van der Waals surface area contributed by atoms with Crippen LogP contribution in [0.5, 0.6) is 0 Å². The fraction of sp³-hybridized carbons (Fsp3) is 0.444. The van der Waals surface area contributed by atoms with Crippen LogP contribution < -0.4 is 5.73 Å². The third-order valence-electron chi connectivity index (χ3n) is 4.63. The van der Waals surface area contributed by atoms with Gasteiger partial charge in [-0.05, 0) is 44.9 Å². The van der Waals surface area contributed by atoms with E-state index in [1.807, 2.05) is 41.9 Å². The summed E-state index contributed by atoms with van der Waals surface area (Å²) in [5, 5.41) is 4.56. The molecule has 0 aliphatic carbocycles. The second-order valence-electron chi connectivity index (χ2n) is 6.36. The predicted octanol–water partition coefficient (Wildman–Crippen LogP) is 2.19. The van der Waals surface area contributed by atoms with E-state index >= 15 is 0 Å². The van der Waals surface area contributed by atoms with Crippen molar-refractivity contribution >= 4 is 5.91 Å². The number of hydrogen-bond donors (Lipinski definition) is 1. The minimum Gasteiger partial charge on any atom is -0.368 e. The highest BCUT2D eigenvalue weighted by Gasteiger charge is 2.35. The van der Waals surface area contributed by atoms with E-state index in [0.29, 0.717) is 0 Å². The van der Waals surface area contributed by atoms with E-state index in [0.717, 1.165) is 42.9 Å². The number of likely N-dealkylation sites (tertiary alicyclic amines) is 1. The lowest BCUT2D eigenvalue weighted by molar-refractivity contribution is -0.124. The van der Waals surface area contributed by atoms with Gasteiger partial charge in [-0.25, -0.2) is 0 Å². The number of hydrogen-bond acceptors (Lipinski definition) is 3. The summed E-state index contributed by atoms with van der Waals surface area (Å²) >= 11 is 0. The Labute approximate surface area is 137 Å². The molecule has 1 amide bonds. The van der Waals surface area contributed by atoms with E-state index in [-0.39, 0.29) is 18.0 Å². The zero-order valence-corrected chi connectivity index (χ0v) is 13.8. The van der Waals surface area contributed by atoms with E-state index in [2.05, 4.69) is 23.0 Å². The monoisotopic (exact) mass is 312 g/mol. The van der Waals surface area contributed by atoms with Gasteiger partial charge in [-0.1, -0.05) is 30.3 Å². The Morgan fingerprint density at radius 1 is 1.35 bits per heavy atom. The van der Waals surface area contributed by atoms with E-state index in [4.69, 9.17) is 5.73 Å². The Morgan fingerprint density at radius 2 is 2.09 bits per heavy atom. The van der Waals surface area contributed by atoms with Crippen molar-refractivity contribution in [2.45, 2.75) is 45.3 Å². The number of rotatable bonds is 5. The zero-order valence-electron chi connectivity index (χ0n) is 13.8. The quantitative estimate of drug-likeness (QED) is 0.920. The Kier molecular flexibility index (Phi) is 4.48. The van der Waals surface area contributed by atoms with Crippen molar-refractivity contribution in [1.82, 2.24) is 14.7 Å². The number of carbonyl (C=O) groups excluding carboxylic acids is 1. The number of benzene rings is 1. The van der Waals surface area contributed by atoms with Gasteiger partial charge in [-0.3, -0.25) is 14.4 Å². The number of nitrogens with zero attached hydrogens (tertiary/aromatic N) is 3. The van der Waals surface area contributed by atoms with Gasteiger partial charge >= 0.3 is 0 Å². The van der Waals surface area contributed by atoms with Gasteiger partial charge in [0, 0.05) is 11.7 Å². The van der Waals surface area contributed by atoms with E-state index in [1.165, 1.54) is 0 Å². The molecule has 0 bridgehead atoms. The van der Waals surface area contributed by atoms with Crippen LogP contribution in [0.25, 0.3) is 0 Å². The van der Waals surface area contributed by atoms with Crippen LogP contribution in [-0.2, 0) is 11.3 Å². The highest BCUT2D eigenvalue weighted by Crippen LogP contribution is 2.30. The Hall–Kier alpha value is -2.14. The average Bonchev–Trinajstić information content (AvgIpc) is 3.08. The molecule has 3 rings (SSSR count). The molecule has 2 N–H and O–H groups in total. The summed E-state index contributed by atoms with van der Waals surface area (Å²) in [7, 11) is 0.